The van der Waals surface area contributed by atoms with Crippen LogP contribution in [-0.4, -0.2) is 25.8 Å². The van der Waals surface area contributed by atoms with Gasteiger partial charge in [-0.3, -0.25) is 4.79 Å². The molecule has 0 radical (unpaired) electrons. The zero-order valence-electron chi connectivity index (χ0n) is 8.98. The smallest absolute Gasteiger partial charge is 0.305 e. The Hall–Kier alpha value is -1.95. The summed E-state index contributed by atoms with van der Waals surface area (Å²) in [6, 6.07) is 0. The number of carbonyl (C=O) groups is 1. The van der Waals surface area contributed by atoms with Gasteiger partial charge in [-0.2, -0.15) is 10.5 Å². The predicted octanol–water partition coefficient (Wildman–Crippen LogP) is 1.09. The largest absolute Gasteiger partial charge is 0.462 e. The molecule has 6 heteroatoms. The molecule has 16 heavy (non-hydrogen) atoms. The first kappa shape index (κ1) is 14.1. The minimum atomic E-state index is -0.303. The Kier molecular flexibility index (Phi) is 9.77. The molecule has 0 aliphatic rings. The Labute approximate surface area is 94.3 Å². The number of nitrogens with zero attached hydrogens (tertiary/aromatic N) is 2. The highest BCUT2D eigenvalue weighted by molar-refractivity contribution is 5.69. The third-order valence-corrected chi connectivity index (χ3v) is 1.70. The molecule has 0 aliphatic heterocycles. The maximum Gasteiger partial charge on any atom is 0.305 e. The van der Waals surface area contributed by atoms with Crippen LogP contribution in [-0.2, 0) is 19.0 Å². The molecule has 0 heterocycles. The van der Waals surface area contributed by atoms with Crippen LogP contribution in [0, 0.1) is 23.0 Å². The minimum absolute atomic E-state index is 0.0955. The lowest BCUT2D eigenvalue weighted by molar-refractivity contribution is -0.144. The molecule has 0 aliphatic carbocycles. The number of rotatable bonds is 9. The summed E-state index contributed by atoms with van der Waals surface area (Å²) in [6.07, 6.45) is 5.65. The number of unbranched alkanes of at least 4 members (excludes halogenated alkanes) is 2. The summed E-state index contributed by atoms with van der Waals surface area (Å²) in [7, 11) is 0. The van der Waals surface area contributed by atoms with Gasteiger partial charge >= 0.3 is 5.97 Å². The van der Waals surface area contributed by atoms with Crippen molar-refractivity contribution < 1.29 is 19.0 Å². The van der Waals surface area contributed by atoms with Gasteiger partial charge in [0, 0.05) is 6.42 Å². The summed E-state index contributed by atoms with van der Waals surface area (Å²) < 4.78 is 13.6. The monoisotopic (exact) mass is 226 g/mol. The maximum absolute atomic E-state index is 11.1. The molecule has 0 saturated carbocycles. The highest BCUT2D eigenvalue weighted by atomic mass is 16.6. The maximum atomic E-state index is 11.1. The average molecular weight is 226 g/mol. The third-order valence-electron chi connectivity index (χ3n) is 1.70. The standard InChI is InChI=1S/C10H14N2O4/c11-8-14-5-3-1-2-4-10(13)16-7-6-15-9-12/h1-7H2. The van der Waals surface area contributed by atoms with Gasteiger partial charge in [-0.05, 0) is 19.3 Å². The van der Waals surface area contributed by atoms with E-state index in [9.17, 15) is 4.79 Å². The van der Waals surface area contributed by atoms with Gasteiger partial charge < -0.3 is 14.2 Å². The molecule has 0 unspecified atom stereocenters. The quantitative estimate of drug-likeness (QED) is 0.332. The topological polar surface area (TPSA) is 92.3 Å². The lowest BCUT2D eigenvalue weighted by Gasteiger charge is -2.03. The second-order valence-corrected chi connectivity index (χ2v) is 2.91. The third kappa shape index (κ3) is 10.1. The van der Waals surface area contributed by atoms with Crippen LogP contribution in [0.3, 0.4) is 0 Å². The number of esters is 1. The Morgan fingerprint density at radius 3 is 2.31 bits per heavy atom. The average Bonchev–Trinajstić information content (AvgIpc) is 2.29. The molecule has 0 N–H and O–H groups in total. The molecule has 0 fully saturated rings. The number of carbonyl (C=O) groups excluding carboxylic acids is 1. The second kappa shape index (κ2) is 11.1. The zero-order valence-corrected chi connectivity index (χ0v) is 8.98. The van der Waals surface area contributed by atoms with Gasteiger partial charge in [-0.15, -0.1) is 0 Å². The summed E-state index contributed by atoms with van der Waals surface area (Å²) in [5.74, 6) is -0.303. The molecule has 0 aromatic carbocycles. The van der Waals surface area contributed by atoms with Gasteiger partial charge in [0.05, 0.1) is 0 Å². The first-order valence-corrected chi connectivity index (χ1v) is 4.98. The van der Waals surface area contributed by atoms with E-state index in [4.69, 9.17) is 15.3 Å². The summed E-state index contributed by atoms with van der Waals surface area (Å²) >= 11 is 0. The Balaban J connectivity index is 3.19. The molecule has 0 aromatic rings. The van der Waals surface area contributed by atoms with E-state index >= 15 is 0 Å². The second-order valence-electron chi connectivity index (χ2n) is 2.91. The highest BCUT2D eigenvalue weighted by Crippen LogP contribution is 2.01. The first-order valence-electron chi connectivity index (χ1n) is 4.98. The van der Waals surface area contributed by atoms with E-state index in [0.717, 1.165) is 12.8 Å². The van der Waals surface area contributed by atoms with Crippen molar-refractivity contribution in [1.29, 1.82) is 10.5 Å². The van der Waals surface area contributed by atoms with Crippen LogP contribution in [0.2, 0.25) is 0 Å². The lowest BCUT2D eigenvalue weighted by atomic mass is 10.2. The van der Waals surface area contributed by atoms with Crippen molar-refractivity contribution in [3.63, 3.8) is 0 Å². The van der Waals surface area contributed by atoms with E-state index in [1.54, 1.807) is 6.26 Å². The fourth-order valence-corrected chi connectivity index (χ4v) is 0.981. The fourth-order valence-electron chi connectivity index (χ4n) is 0.981. The highest BCUT2D eigenvalue weighted by Gasteiger charge is 2.02. The molecule has 88 valence electrons. The van der Waals surface area contributed by atoms with E-state index in [1.165, 1.54) is 6.26 Å². The summed E-state index contributed by atoms with van der Waals surface area (Å²) in [5, 5.41) is 16.1. The minimum Gasteiger partial charge on any atom is -0.462 e. The van der Waals surface area contributed by atoms with Crippen molar-refractivity contribution in [3.8, 4) is 12.5 Å². The van der Waals surface area contributed by atoms with Crippen LogP contribution in [0.25, 0.3) is 0 Å². The molecule has 6 nitrogen and oxygen atoms in total. The number of hydrogen-bond acceptors (Lipinski definition) is 6. The summed E-state index contributed by atoms with van der Waals surface area (Å²) in [5.41, 5.74) is 0. The Morgan fingerprint density at radius 1 is 0.938 bits per heavy atom. The van der Waals surface area contributed by atoms with E-state index < -0.39 is 0 Å². The zero-order chi connectivity index (χ0) is 12.1. The van der Waals surface area contributed by atoms with Crippen LogP contribution in [0.1, 0.15) is 25.7 Å². The van der Waals surface area contributed by atoms with Crippen molar-refractivity contribution in [2.75, 3.05) is 19.8 Å². The van der Waals surface area contributed by atoms with Gasteiger partial charge in [0.25, 0.3) is 12.5 Å². The van der Waals surface area contributed by atoms with Crippen LogP contribution in [0.5, 0.6) is 0 Å². The van der Waals surface area contributed by atoms with Crippen molar-refractivity contribution in [2.24, 2.45) is 0 Å². The van der Waals surface area contributed by atoms with Crippen molar-refractivity contribution in [1.82, 2.24) is 0 Å². The van der Waals surface area contributed by atoms with Gasteiger partial charge in [0.15, 0.2) is 0 Å². The molecule has 0 spiro atoms. The normalized spacial score (nSPS) is 8.62. The molecule has 0 bridgehead atoms. The van der Waals surface area contributed by atoms with Crippen molar-refractivity contribution in [3.05, 3.63) is 0 Å². The predicted molar refractivity (Wildman–Crippen MR) is 52.6 cm³/mol. The van der Waals surface area contributed by atoms with Gasteiger partial charge in [-0.25, -0.2) is 0 Å². The molecule has 0 saturated heterocycles. The number of nitriles is 2. The lowest BCUT2D eigenvalue weighted by Crippen LogP contribution is -2.09. The van der Waals surface area contributed by atoms with Crippen LogP contribution in [0.15, 0.2) is 0 Å². The van der Waals surface area contributed by atoms with E-state index in [0.29, 0.717) is 19.4 Å². The Bertz CT molecular complexity index is 267. The van der Waals surface area contributed by atoms with E-state index in [-0.39, 0.29) is 19.2 Å². The van der Waals surface area contributed by atoms with Gasteiger partial charge in [0.1, 0.15) is 19.8 Å². The summed E-state index contributed by atoms with van der Waals surface area (Å²) in [4.78, 5) is 11.1. The van der Waals surface area contributed by atoms with Crippen LogP contribution in [0.4, 0.5) is 0 Å². The Morgan fingerprint density at radius 2 is 1.62 bits per heavy atom. The van der Waals surface area contributed by atoms with Crippen LogP contribution < -0.4 is 0 Å². The van der Waals surface area contributed by atoms with Crippen molar-refractivity contribution >= 4 is 5.97 Å². The molecule has 0 rings (SSSR count). The van der Waals surface area contributed by atoms with E-state index in [1.807, 2.05) is 0 Å². The fraction of sp³-hybridized carbons (Fsp3) is 0.700. The molecule has 0 atom stereocenters. The molecular weight excluding hydrogens is 212 g/mol. The summed E-state index contributed by atoms with van der Waals surface area (Å²) in [6.45, 7) is 0.587. The first-order chi connectivity index (χ1) is 7.81. The molecule has 0 amide bonds. The van der Waals surface area contributed by atoms with Gasteiger partial charge in [0.2, 0.25) is 0 Å². The molecular formula is C10H14N2O4. The van der Waals surface area contributed by atoms with Crippen molar-refractivity contribution in [2.45, 2.75) is 25.7 Å². The van der Waals surface area contributed by atoms with Crippen LogP contribution >= 0.6 is 0 Å². The molecule has 0 aromatic heterocycles. The number of hydrogen-bond donors (Lipinski definition) is 0. The number of ether oxygens (including phenoxy) is 3. The van der Waals surface area contributed by atoms with Gasteiger partial charge in [-0.1, -0.05) is 0 Å². The SMILES string of the molecule is N#COCCCCCC(=O)OCCOC#N. The van der Waals surface area contributed by atoms with E-state index in [2.05, 4.69) is 9.47 Å².